The monoisotopic (exact) mass is 448 g/mol. The maximum atomic E-state index is 12.6. The van der Waals surface area contributed by atoms with E-state index in [1.807, 2.05) is 6.92 Å². The summed E-state index contributed by atoms with van der Waals surface area (Å²) in [5.74, 6) is -3.91. The number of carbonyl (C=O) groups excluding carboxylic acids is 3. The van der Waals surface area contributed by atoms with E-state index in [-0.39, 0.29) is 55.3 Å². The van der Waals surface area contributed by atoms with Crippen LogP contribution in [0.1, 0.15) is 40.0 Å². The molecule has 0 aliphatic heterocycles. The molecule has 0 saturated heterocycles. The van der Waals surface area contributed by atoms with E-state index in [2.05, 4.69) is 17.9 Å². The summed E-state index contributed by atoms with van der Waals surface area (Å²) in [4.78, 5) is 36.0. The van der Waals surface area contributed by atoms with Crippen molar-refractivity contribution in [2.24, 2.45) is 5.41 Å². The van der Waals surface area contributed by atoms with Crippen molar-refractivity contribution in [3.63, 3.8) is 0 Å². The molecule has 0 aromatic rings. The second kappa shape index (κ2) is 13.3. The number of esters is 3. The van der Waals surface area contributed by atoms with Crippen LogP contribution < -0.4 is 0 Å². The van der Waals surface area contributed by atoms with Crippen molar-refractivity contribution in [2.45, 2.75) is 40.0 Å². The predicted molar refractivity (Wildman–Crippen MR) is 105 cm³/mol. The molecule has 28 heavy (non-hydrogen) atoms. The zero-order chi connectivity index (χ0) is 21.3. The Kier molecular flexibility index (Phi) is 13.9. The van der Waals surface area contributed by atoms with Crippen molar-refractivity contribution in [3.05, 3.63) is 24.3 Å². The van der Waals surface area contributed by atoms with Crippen molar-refractivity contribution in [2.75, 3.05) is 19.2 Å². The van der Waals surface area contributed by atoms with E-state index in [0.717, 1.165) is 0 Å². The predicted octanol–water partition coefficient (Wildman–Crippen LogP) is 0.874. The molecule has 0 fully saturated rings. The minimum atomic E-state index is -4.58. The number of rotatable bonds is 12. The Morgan fingerprint density at radius 1 is 0.964 bits per heavy atom. The fourth-order valence-corrected chi connectivity index (χ4v) is 2.11. The van der Waals surface area contributed by atoms with Crippen molar-refractivity contribution in [1.29, 1.82) is 0 Å². The minimum absolute atomic E-state index is 0. The fourth-order valence-electron chi connectivity index (χ4n) is 1.86. The first kappa shape index (κ1) is 29.3. The first-order valence-corrected chi connectivity index (χ1v) is 9.73. The summed E-state index contributed by atoms with van der Waals surface area (Å²) < 4.78 is 45.3. The molecular weight excluding hydrogens is 420 g/mol. The first-order chi connectivity index (χ1) is 12.3. The average Bonchev–Trinajstić information content (AvgIpc) is 2.57. The zero-order valence-corrected chi connectivity index (χ0v) is 16.6. The second-order valence-corrected chi connectivity index (χ2v) is 7.63. The van der Waals surface area contributed by atoms with Gasteiger partial charge in [0, 0.05) is 11.1 Å². The molecule has 0 aromatic heterocycles. The molecule has 0 unspecified atom stereocenters. The first-order valence-electron chi connectivity index (χ1n) is 8.12. The van der Waals surface area contributed by atoms with Crippen LogP contribution in [0, 0.1) is 5.41 Å². The van der Waals surface area contributed by atoms with Crippen LogP contribution >= 0.6 is 0 Å². The SMILES string of the molecule is C=C(C)C(=O)OCC(CCCC)(COC(=O)C(=C)C)C(=O)OCS(=O)(=O)O.[CaH2]. The summed E-state index contributed by atoms with van der Waals surface area (Å²) in [5.41, 5.74) is -1.47. The molecule has 0 bridgehead atoms. The zero-order valence-electron chi connectivity index (χ0n) is 15.8. The van der Waals surface area contributed by atoms with Gasteiger partial charge < -0.3 is 14.2 Å². The molecule has 0 aliphatic rings. The summed E-state index contributed by atoms with van der Waals surface area (Å²) in [5, 5.41) is 0. The van der Waals surface area contributed by atoms with Crippen molar-refractivity contribution in [3.8, 4) is 0 Å². The van der Waals surface area contributed by atoms with Crippen molar-refractivity contribution in [1.82, 2.24) is 0 Å². The van der Waals surface area contributed by atoms with Gasteiger partial charge in [-0.3, -0.25) is 9.35 Å². The molecule has 0 radical (unpaired) electrons. The van der Waals surface area contributed by atoms with Crippen LogP contribution in [-0.4, -0.2) is 87.8 Å². The molecule has 0 atom stereocenters. The van der Waals surface area contributed by atoms with Crippen LogP contribution in [0.3, 0.4) is 0 Å². The number of hydrogen-bond acceptors (Lipinski definition) is 8. The van der Waals surface area contributed by atoms with E-state index < -0.39 is 52.6 Å². The van der Waals surface area contributed by atoms with Gasteiger partial charge in [-0.05, 0) is 20.3 Å². The van der Waals surface area contributed by atoms with Gasteiger partial charge in [-0.2, -0.15) is 8.42 Å². The van der Waals surface area contributed by atoms with E-state index in [4.69, 9.17) is 14.0 Å². The molecule has 0 aromatic carbocycles. The van der Waals surface area contributed by atoms with Gasteiger partial charge in [-0.25, -0.2) is 9.59 Å². The normalized spacial score (nSPS) is 11.0. The van der Waals surface area contributed by atoms with Crippen LogP contribution in [0.15, 0.2) is 24.3 Å². The standard InChI is InChI=1S/C17H26O9S.Ca.2H/c1-6-7-8-17(9-24-14(18)12(2)3,10-25-15(19)13(4)5)16(20)26-11-27(21,22)23;;;/h2,4,6-11H2,1,3,5H3,(H,21,22,23);;;. The molecule has 11 heteroatoms. The summed E-state index contributed by atoms with van der Waals surface area (Å²) in [7, 11) is -4.58. The molecular formula is C17H28CaO9S. The Bertz CT molecular complexity index is 667. The molecule has 0 saturated carbocycles. The summed E-state index contributed by atoms with van der Waals surface area (Å²) in [6, 6.07) is 0. The van der Waals surface area contributed by atoms with Crippen LogP contribution in [-0.2, 0) is 38.7 Å². The van der Waals surface area contributed by atoms with Crippen molar-refractivity contribution >= 4 is 65.8 Å². The van der Waals surface area contributed by atoms with Gasteiger partial charge in [0.15, 0.2) is 0 Å². The third-order valence-corrected chi connectivity index (χ3v) is 3.85. The van der Waals surface area contributed by atoms with E-state index >= 15 is 0 Å². The Morgan fingerprint density at radius 2 is 1.39 bits per heavy atom. The maximum absolute atomic E-state index is 12.6. The summed E-state index contributed by atoms with van der Waals surface area (Å²) >= 11 is 0. The average molecular weight is 449 g/mol. The topological polar surface area (TPSA) is 133 Å². The van der Waals surface area contributed by atoms with Gasteiger partial charge >= 0.3 is 65.8 Å². The Labute approximate surface area is 195 Å². The van der Waals surface area contributed by atoms with Gasteiger partial charge in [-0.15, -0.1) is 0 Å². The quantitative estimate of drug-likeness (QED) is 0.152. The van der Waals surface area contributed by atoms with Gasteiger partial charge in [0.2, 0.25) is 5.94 Å². The van der Waals surface area contributed by atoms with E-state index in [1.54, 1.807) is 0 Å². The Balaban J connectivity index is 0. The number of carbonyl (C=O) groups is 3. The number of hydrogen-bond donors (Lipinski definition) is 1. The molecule has 9 nitrogen and oxygen atoms in total. The third-order valence-electron chi connectivity index (χ3n) is 3.44. The van der Waals surface area contributed by atoms with Gasteiger partial charge in [0.25, 0.3) is 0 Å². The number of ether oxygens (including phenoxy) is 3. The second-order valence-electron chi connectivity index (χ2n) is 6.23. The van der Waals surface area contributed by atoms with E-state index in [1.165, 1.54) is 13.8 Å². The van der Waals surface area contributed by atoms with Gasteiger partial charge in [0.1, 0.15) is 18.6 Å². The molecule has 0 aliphatic carbocycles. The van der Waals surface area contributed by atoms with Crippen LogP contribution in [0.4, 0.5) is 0 Å². The molecule has 0 spiro atoms. The van der Waals surface area contributed by atoms with Crippen LogP contribution in [0.2, 0.25) is 0 Å². The molecule has 158 valence electrons. The van der Waals surface area contributed by atoms with Gasteiger partial charge in [-0.1, -0.05) is 32.9 Å². The summed E-state index contributed by atoms with van der Waals surface area (Å²) in [6.45, 7) is 10.5. The third kappa shape index (κ3) is 11.2. The van der Waals surface area contributed by atoms with E-state index in [9.17, 15) is 22.8 Å². The molecule has 0 heterocycles. The molecule has 1 N–H and O–H groups in total. The fraction of sp³-hybridized carbons (Fsp3) is 0.588. The van der Waals surface area contributed by atoms with Crippen molar-refractivity contribution < 1.29 is 41.6 Å². The molecule has 0 amide bonds. The van der Waals surface area contributed by atoms with Gasteiger partial charge in [0.05, 0.1) is 0 Å². The Morgan fingerprint density at radius 3 is 1.71 bits per heavy atom. The number of unbranched alkanes of at least 4 members (excludes halogenated alkanes) is 1. The summed E-state index contributed by atoms with van der Waals surface area (Å²) in [6.07, 6.45) is 1.20. The van der Waals surface area contributed by atoms with E-state index in [0.29, 0.717) is 12.8 Å². The molecule has 0 rings (SSSR count). The van der Waals surface area contributed by atoms with Crippen LogP contribution in [0.5, 0.6) is 0 Å². The Hall–Kier alpha value is -0.940. The van der Waals surface area contributed by atoms with Crippen LogP contribution in [0.25, 0.3) is 0 Å².